The highest BCUT2D eigenvalue weighted by atomic mass is 16.1. The molecule has 2 rings (SSSR count). The van der Waals surface area contributed by atoms with Crippen LogP contribution in [0.1, 0.15) is 55.9 Å². The molecule has 2 N–H and O–H groups in total. The van der Waals surface area contributed by atoms with E-state index in [0.717, 1.165) is 12.2 Å². The van der Waals surface area contributed by atoms with Crippen LogP contribution in [0.3, 0.4) is 0 Å². The monoisotopic (exact) mass is 262 g/mol. The summed E-state index contributed by atoms with van der Waals surface area (Å²) in [7, 11) is 0. The van der Waals surface area contributed by atoms with Gasteiger partial charge in [-0.25, -0.2) is 9.97 Å². The third kappa shape index (κ3) is 4.19. The van der Waals surface area contributed by atoms with Crippen LogP contribution in [0.4, 0.5) is 5.82 Å². The van der Waals surface area contributed by atoms with E-state index >= 15 is 0 Å². The quantitative estimate of drug-likeness (QED) is 0.855. The molecule has 1 aliphatic carbocycles. The van der Waals surface area contributed by atoms with Crippen LogP contribution in [0.25, 0.3) is 0 Å². The van der Waals surface area contributed by atoms with Crippen LogP contribution in [0, 0.1) is 0 Å². The van der Waals surface area contributed by atoms with E-state index in [1.165, 1.54) is 38.3 Å². The summed E-state index contributed by atoms with van der Waals surface area (Å²) in [6.45, 7) is 2.69. The van der Waals surface area contributed by atoms with Crippen molar-refractivity contribution in [1.29, 1.82) is 0 Å². The molecule has 1 aromatic heterocycles. The molecule has 5 heteroatoms. The van der Waals surface area contributed by atoms with Gasteiger partial charge in [-0.05, 0) is 19.3 Å². The van der Waals surface area contributed by atoms with E-state index in [9.17, 15) is 4.79 Å². The summed E-state index contributed by atoms with van der Waals surface area (Å²) in [5, 5.41) is 6.17. The van der Waals surface area contributed by atoms with Crippen LogP contribution in [-0.2, 0) is 0 Å². The lowest BCUT2D eigenvalue weighted by atomic mass is 9.96. The molecule has 0 radical (unpaired) electrons. The van der Waals surface area contributed by atoms with Gasteiger partial charge < -0.3 is 10.6 Å². The second-order valence-electron chi connectivity index (χ2n) is 5.02. The van der Waals surface area contributed by atoms with Gasteiger partial charge in [0.15, 0.2) is 0 Å². The topological polar surface area (TPSA) is 66.9 Å². The molecular formula is C14H22N4O. The number of carbonyl (C=O) groups excluding carboxylic acids is 1. The Morgan fingerprint density at radius 2 is 2.05 bits per heavy atom. The van der Waals surface area contributed by atoms with Gasteiger partial charge in [-0.1, -0.05) is 26.2 Å². The van der Waals surface area contributed by atoms with Crippen molar-refractivity contribution in [1.82, 2.24) is 15.3 Å². The molecule has 0 unspecified atom stereocenters. The zero-order valence-corrected chi connectivity index (χ0v) is 11.5. The lowest BCUT2D eigenvalue weighted by molar-refractivity contribution is 0.0948. The van der Waals surface area contributed by atoms with Crippen LogP contribution in [0.5, 0.6) is 0 Å². The van der Waals surface area contributed by atoms with Crippen molar-refractivity contribution in [2.45, 2.75) is 51.5 Å². The number of nitrogens with one attached hydrogen (secondary N) is 2. The minimum absolute atomic E-state index is 0.154. The number of carbonyl (C=O) groups is 1. The maximum absolute atomic E-state index is 11.7. The number of hydrogen-bond acceptors (Lipinski definition) is 4. The summed E-state index contributed by atoms with van der Waals surface area (Å²) in [6.07, 6.45) is 10.4. The van der Waals surface area contributed by atoms with Gasteiger partial charge in [-0.3, -0.25) is 4.79 Å². The molecule has 0 atom stereocenters. The lowest BCUT2D eigenvalue weighted by Gasteiger charge is -2.23. The first-order chi connectivity index (χ1) is 9.29. The maximum Gasteiger partial charge on any atom is 0.271 e. The van der Waals surface area contributed by atoms with Crippen LogP contribution in [0.2, 0.25) is 0 Å². The Hall–Kier alpha value is -1.65. The van der Waals surface area contributed by atoms with Crippen molar-refractivity contribution in [3.05, 3.63) is 18.1 Å². The second-order valence-corrected chi connectivity index (χ2v) is 5.02. The lowest BCUT2D eigenvalue weighted by Crippen LogP contribution is -2.26. The van der Waals surface area contributed by atoms with Gasteiger partial charge in [0.1, 0.15) is 11.5 Å². The zero-order valence-electron chi connectivity index (χ0n) is 11.5. The molecule has 19 heavy (non-hydrogen) atoms. The molecule has 0 spiro atoms. The Bertz CT molecular complexity index is 398. The Labute approximate surface area is 114 Å². The second kappa shape index (κ2) is 7.07. The third-order valence-electron chi connectivity index (χ3n) is 3.38. The third-order valence-corrected chi connectivity index (χ3v) is 3.38. The molecule has 5 nitrogen and oxygen atoms in total. The molecule has 0 aromatic carbocycles. The molecule has 0 aliphatic heterocycles. The molecule has 104 valence electrons. The first-order valence-electron chi connectivity index (χ1n) is 7.16. The molecule has 1 saturated carbocycles. The van der Waals surface area contributed by atoms with E-state index in [0.29, 0.717) is 18.3 Å². The predicted molar refractivity (Wildman–Crippen MR) is 75.2 cm³/mol. The molecule has 1 heterocycles. The highest BCUT2D eigenvalue weighted by Crippen LogP contribution is 2.20. The zero-order chi connectivity index (χ0) is 13.5. The Morgan fingerprint density at radius 3 is 2.68 bits per heavy atom. The predicted octanol–water partition coefficient (Wildman–Crippen LogP) is 2.36. The normalized spacial score (nSPS) is 16.1. The van der Waals surface area contributed by atoms with E-state index in [2.05, 4.69) is 20.6 Å². The van der Waals surface area contributed by atoms with Crippen LogP contribution in [0.15, 0.2) is 12.4 Å². The molecule has 0 bridgehead atoms. The Kier molecular flexibility index (Phi) is 5.12. The molecule has 1 amide bonds. The van der Waals surface area contributed by atoms with Gasteiger partial charge in [-0.15, -0.1) is 0 Å². The number of anilines is 1. The van der Waals surface area contributed by atoms with E-state index < -0.39 is 0 Å². The number of nitrogens with zero attached hydrogens (tertiary/aromatic N) is 2. The van der Waals surface area contributed by atoms with Crippen molar-refractivity contribution in [2.75, 3.05) is 11.9 Å². The summed E-state index contributed by atoms with van der Waals surface area (Å²) in [5.41, 5.74) is 0.377. The number of amides is 1. The van der Waals surface area contributed by atoms with E-state index in [-0.39, 0.29) is 5.91 Å². The fourth-order valence-electron chi connectivity index (χ4n) is 2.30. The fraction of sp³-hybridized carbons (Fsp3) is 0.643. The highest BCUT2D eigenvalue weighted by Gasteiger charge is 2.14. The average molecular weight is 262 g/mol. The van der Waals surface area contributed by atoms with Crippen LogP contribution >= 0.6 is 0 Å². The summed E-state index contributed by atoms with van der Waals surface area (Å²) in [5.74, 6) is 0.609. The molecule has 1 aromatic rings. The Morgan fingerprint density at radius 1 is 1.26 bits per heavy atom. The number of rotatable bonds is 5. The van der Waals surface area contributed by atoms with E-state index in [1.807, 2.05) is 6.92 Å². The minimum Gasteiger partial charge on any atom is -0.366 e. The van der Waals surface area contributed by atoms with Gasteiger partial charge in [0, 0.05) is 12.6 Å². The average Bonchev–Trinajstić information content (AvgIpc) is 2.46. The molecular weight excluding hydrogens is 240 g/mol. The summed E-state index contributed by atoms with van der Waals surface area (Å²) in [6, 6.07) is 0.503. The SMILES string of the molecule is CCCNC(=O)c1cnc(NC2CCCCC2)cn1. The largest absolute Gasteiger partial charge is 0.366 e. The number of aromatic nitrogens is 2. The fourth-order valence-corrected chi connectivity index (χ4v) is 2.30. The van der Waals surface area contributed by atoms with Gasteiger partial charge in [0.25, 0.3) is 5.91 Å². The van der Waals surface area contributed by atoms with Crippen molar-refractivity contribution < 1.29 is 4.79 Å². The summed E-state index contributed by atoms with van der Waals surface area (Å²) in [4.78, 5) is 20.1. The van der Waals surface area contributed by atoms with E-state index in [4.69, 9.17) is 0 Å². The van der Waals surface area contributed by atoms with Crippen molar-refractivity contribution in [2.24, 2.45) is 0 Å². The minimum atomic E-state index is -0.154. The summed E-state index contributed by atoms with van der Waals surface area (Å²) >= 11 is 0. The Balaban J connectivity index is 1.88. The van der Waals surface area contributed by atoms with E-state index in [1.54, 1.807) is 6.20 Å². The van der Waals surface area contributed by atoms with Gasteiger partial charge in [0.2, 0.25) is 0 Å². The molecule has 1 aliphatic rings. The van der Waals surface area contributed by atoms with Crippen LogP contribution < -0.4 is 10.6 Å². The molecule has 1 fully saturated rings. The van der Waals surface area contributed by atoms with Gasteiger partial charge in [-0.2, -0.15) is 0 Å². The van der Waals surface area contributed by atoms with Gasteiger partial charge >= 0.3 is 0 Å². The van der Waals surface area contributed by atoms with Gasteiger partial charge in [0.05, 0.1) is 12.4 Å². The highest BCUT2D eigenvalue weighted by molar-refractivity contribution is 5.91. The smallest absolute Gasteiger partial charge is 0.271 e. The number of hydrogen-bond donors (Lipinski definition) is 2. The first kappa shape index (κ1) is 13.8. The standard InChI is InChI=1S/C14H22N4O/c1-2-8-15-14(19)12-9-17-13(10-16-12)18-11-6-4-3-5-7-11/h9-11H,2-8H2,1H3,(H,15,19)(H,17,18). The van der Waals surface area contributed by atoms with Crippen LogP contribution in [-0.4, -0.2) is 28.5 Å². The van der Waals surface area contributed by atoms with Crippen molar-refractivity contribution in [3.63, 3.8) is 0 Å². The van der Waals surface area contributed by atoms with Crippen molar-refractivity contribution >= 4 is 11.7 Å². The maximum atomic E-state index is 11.7. The summed E-state index contributed by atoms with van der Waals surface area (Å²) < 4.78 is 0. The first-order valence-corrected chi connectivity index (χ1v) is 7.16. The molecule has 0 saturated heterocycles. The van der Waals surface area contributed by atoms with Crippen molar-refractivity contribution in [3.8, 4) is 0 Å².